The van der Waals surface area contributed by atoms with Crippen LogP contribution in [0.15, 0.2) is 18.2 Å². The van der Waals surface area contributed by atoms with E-state index in [1.807, 2.05) is 48.8 Å². The lowest BCUT2D eigenvalue weighted by atomic mass is 9.95. The Labute approximate surface area is 165 Å². The molecular weight excluding hydrogens is 360 g/mol. The molecular formula is C20H28N4O4. The predicted octanol–water partition coefficient (Wildman–Crippen LogP) is 1.65. The molecule has 3 amide bonds. The molecule has 3 aliphatic rings. The lowest BCUT2D eigenvalue weighted by molar-refractivity contribution is -0.133. The van der Waals surface area contributed by atoms with E-state index in [0.29, 0.717) is 32.5 Å². The number of rotatable bonds is 3. The first kappa shape index (κ1) is 18.9. The molecule has 8 nitrogen and oxygen atoms in total. The van der Waals surface area contributed by atoms with Crippen LogP contribution in [0.4, 0.5) is 4.79 Å². The fraction of sp³-hybridized carbons (Fsp3) is 0.600. The van der Waals surface area contributed by atoms with E-state index in [-0.39, 0.29) is 30.8 Å². The molecule has 2 fully saturated rings. The molecule has 0 aliphatic carbocycles. The summed E-state index contributed by atoms with van der Waals surface area (Å²) in [6.07, 6.45) is 1.41. The van der Waals surface area contributed by atoms with E-state index in [4.69, 9.17) is 9.47 Å². The largest absolute Gasteiger partial charge is 0.454 e. The highest BCUT2D eigenvalue weighted by Crippen LogP contribution is 2.36. The van der Waals surface area contributed by atoms with Crippen LogP contribution in [-0.4, -0.2) is 59.4 Å². The fourth-order valence-corrected chi connectivity index (χ4v) is 4.27. The number of carbonyl (C=O) groups is 2. The molecule has 28 heavy (non-hydrogen) atoms. The smallest absolute Gasteiger partial charge is 0.317 e. The number of hydrogen-bond donors (Lipinski definition) is 2. The number of likely N-dealkylation sites (tertiary alicyclic amines) is 1. The molecule has 4 rings (SSSR count). The van der Waals surface area contributed by atoms with Crippen molar-refractivity contribution in [3.8, 4) is 11.5 Å². The Morgan fingerprint density at radius 2 is 2.00 bits per heavy atom. The molecule has 0 saturated carbocycles. The zero-order chi connectivity index (χ0) is 19.9. The van der Waals surface area contributed by atoms with Gasteiger partial charge in [-0.2, -0.15) is 0 Å². The summed E-state index contributed by atoms with van der Waals surface area (Å²) in [4.78, 5) is 29.0. The number of nitrogens with one attached hydrogen (secondary N) is 2. The number of piperidine rings is 1. The van der Waals surface area contributed by atoms with Gasteiger partial charge in [-0.15, -0.1) is 0 Å². The number of benzene rings is 1. The van der Waals surface area contributed by atoms with Gasteiger partial charge >= 0.3 is 6.03 Å². The van der Waals surface area contributed by atoms with E-state index in [9.17, 15) is 9.59 Å². The third-order valence-corrected chi connectivity index (χ3v) is 5.71. The number of fused-ring (bicyclic) bond motifs is 1. The summed E-state index contributed by atoms with van der Waals surface area (Å²) in [6, 6.07) is 5.65. The van der Waals surface area contributed by atoms with Gasteiger partial charge in [0.1, 0.15) is 0 Å². The first-order valence-corrected chi connectivity index (χ1v) is 9.91. The minimum Gasteiger partial charge on any atom is -0.454 e. The molecule has 0 unspecified atom stereocenters. The van der Waals surface area contributed by atoms with E-state index in [2.05, 4.69) is 10.6 Å². The summed E-state index contributed by atoms with van der Waals surface area (Å²) in [6.45, 7) is 7.78. The molecule has 1 spiro atoms. The van der Waals surface area contributed by atoms with Gasteiger partial charge in [-0.05, 0) is 38.5 Å². The SMILES string of the molecule is CC(C)NC(=O)N1CCC2(CC1)N[C@@H](C)C(=O)N2Cc1ccc2c(c1)OCO2. The van der Waals surface area contributed by atoms with Crippen LogP contribution < -0.4 is 20.1 Å². The Morgan fingerprint density at radius 1 is 1.29 bits per heavy atom. The van der Waals surface area contributed by atoms with Crippen LogP contribution in [0.25, 0.3) is 0 Å². The first-order valence-electron chi connectivity index (χ1n) is 9.91. The van der Waals surface area contributed by atoms with Crippen molar-refractivity contribution in [2.45, 2.75) is 57.9 Å². The summed E-state index contributed by atoms with van der Waals surface area (Å²) in [5.41, 5.74) is 0.592. The van der Waals surface area contributed by atoms with Crippen molar-refractivity contribution in [2.75, 3.05) is 19.9 Å². The normalized spacial score (nSPS) is 23.0. The first-order chi connectivity index (χ1) is 13.4. The molecule has 1 aromatic rings. The monoisotopic (exact) mass is 388 g/mol. The van der Waals surface area contributed by atoms with Gasteiger partial charge in [0.2, 0.25) is 12.7 Å². The molecule has 1 atom stereocenters. The zero-order valence-corrected chi connectivity index (χ0v) is 16.7. The van der Waals surface area contributed by atoms with Gasteiger partial charge in [-0.1, -0.05) is 6.07 Å². The summed E-state index contributed by atoms with van der Waals surface area (Å²) >= 11 is 0. The topological polar surface area (TPSA) is 83.1 Å². The number of urea groups is 1. The number of carbonyl (C=O) groups excluding carboxylic acids is 2. The lowest BCUT2D eigenvalue weighted by Gasteiger charge is -2.44. The van der Waals surface area contributed by atoms with Crippen molar-refractivity contribution in [1.29, 1.82) is 0 Å². The maximum atomic E-state index is 12.9. The zero-order valence-electron chi connectivity index (χ0n) is 16.7. The fourth-order valence-electron chi connectivity index (χ4n) is 4.27. The quantitative estimate of drug-likeness (QED) is 0.823. The Bertz CT molecular complexity index is 773. The number of hydrogen-bond acceptors (Lipinski definition) is 5. The summed E-state index contributed by atoms with van der Waals surface area (Å²) in [5.74, 6) is 1.55. The number of amides is 3. The van der Waals surface area contributed by atoms with Crippen LogP contribution in [0.3, 0.4) is 0 Å². The Morgan fingerprint density at radius 3 is 2.71 bits per heavy atom. The van der Waals surface area contributed by atoms with Gasteiger partial charge in [0.15, 0.2) is 11.5 Å². The molecule has 2 saturated heterocycles. The molecule has 2 N–H and O–H groups in total. The minimum absolute atomic E-state index is 0.0375. The third kappa shape index (κ3) is 3.37. The van der Waals surface area contributed by atoms with Gasteiger partial charge in [-0.3, -0.25) is 10.1 Å². The van der Waals surface area contributed by atoms with Crippen LogP contribution in [0, 0.1) is 0 Å². The van der Waals surface area contributed by atoms with Crippen LogP contribution in [-0.2, 0) is 11.3 Å². The van der Waals surface area contributed by atoms with E-state index in [1.165, 1.54) is 0 Å². The predicted molar refractivity (Wildman–Crippen MR) is 103 cm³/mol. The van der Waals surface area contributed by atoms with Crippen molar-refractivity contribution in [3.63, 3.8) is 0 Å². The van der Waals surface area contributed by atoms with Crippen LogP contribution >= 0.6 is 0 Å². The average Bonchev–Trinajstić information content (AvgIpc) is 3.20. The maximum Gasteiger partial charge on any atom is 0.317 e. The maximum absolute atomic E-state index is 12.9. The second-order valence-corrected chi connectivity index (χ2v) is 8.10. The summed E-state index contributed by atoms with van der Waals surface area (Å²) < 4.78 is 10.8. The third-order valence-electron chi connectivity index (χ3n) is 5.71. The minimum atomic E-state index is -0.415. The lowest BCUT2D eigenvalue weighted by Crippen LogP contribution is -2.60. The van der Waals surface area contributed by atoms with Crippen molar-refractivity contribution in [2.24, 2.45) is 0 Å². The highest BCUT2D eigenvalue weighted by atomic mass is 16.7. The summed E-state index contributed by atoms with van der Waals surface area (Å²) in [7, 11) is 0. The van der Waals surface area contributed by atoms with Crippen molar-refractivity contribution < 1.29 is 19.1 Å². The highest BCUT2D eigenvalue weighted by Gasteiger charge is 2.50. The van der Waals surface area contributed by atoms with Gasteiger partial charge < -0.3 is 24.6 Å². The Kier molecular flexibility index (Phi) is 4.82. The molecule has 0 aromatic heterocycles. The van der Waals surface area contributed by atoms with Crippen LogP contribution in [0.1, 0.15) is 39.2 Å². The van der Waals surface area contributed by atoms with E-state index < -0.39 is 5.66 Å². The molecule has 0 bridgehead atoms. The highest BCUT2D eigenvalue weighted by molar-refractivity contribution is 5.85. The van der Waals surface area contributed by atoms with Gasteiger partial charge in [0.25, 0.3) is 0 Å². The van der Waals surface area contributed by atoms with E-state index >= 15 is 0 Å². The summed E-state index contributed by atoms with van der Waals surface area (Å²) in [5, 5.41) is 6.45. The standard InChI is InChI=1S/C20H28N4O4/c1-13(2)21-19(26)23-8-6-20(7-9-23)22-14(3)18(25)24(20)11-15-4-5-16-17(10-15)28-12-27-16/h4-5,10,13-14,22H,6-9,11-12H2,1-3H3,(H,21,26)/t14-/m0/s1. The molecule has 0 radical (unpaired) electrons. The van der Waals surface area contributed by atoms with Gasteiger partial charge in [0.05, 0.1) is 11.7 Å². The Hall–Kier alpha value is -2.48. The van der Waals surface area contributed by atoms with Crippen LogP contribution in [0.5, 0.6) is 11.5 Å². The molecule has 8 heteroatoms. The van der Waals surface area contributed by atoms with Gasteiger partial charge in [-0.25, -0.2) is 4.79 Å². The average molecular weight is 388 g/mol. The van der Waals surface area contributed by atoms with Crippen molar-refractivity contribution >= 4 is 11.9 Å². The molecule has 3 heterocycles. The van der Waals surface area contributed by atoms with Crippen molar-refractivity contribution in [3.05, 3.63) is 23.8 Å². The van der Waals surface area contributed by atoms with Crippen molar-refractivity contribution in [1.82, 2.24) is 20.4 Å². The van der Waals surface area contributed by atoms with Gasteiger partial charge in [0, 0.05) is 38.5 Å². The second-order valence-electron chi connectivity index (χ2n) is 8.10. The number of ether oxygens (including phenoxy) is 2. The Balaban J connectivity index is 1.48. The van der Waals surface area contributed by atoms with E-state index in [1.54, 1.807) is 0 Å². The molecule has 3 aliphatic heterocycles. The van der Waals surface area contributed by atoms with E-state index in [0.717, 1.165) is 17.1 Å². The molecule has 152 valence electrons. The second kappa shape index (κ2) is 7.16. The van der Waals surface area contributed by atoms with Crippen LogP contribution in [0.2, 0.25) is 0 Å². The molecule has 1 aromatic carbocycles. The number of nitrogens with zero attached hydrogens (tertiary/aromatic N) is 2.